The molecule has 0 radical (unpaired) electrons. The van der Waals surface area contributed by atoms with Crippen molar-refractivity contribution in [2.75, 3.05) is 24.4 Å². The Balaban J connectivity index is 2.65. The molecule has 1 rings (SSSR count). The van der Waals surface area contributed by atoms with Crippen LogP contribution < -0.4 is 16.6 Å². The van der Waals surface area contributed by atoms with Gasteiger partial charge in [0, 0.05) is 19.7 Å². The molecule has 0 bridgehead atoms. The fraction of sp³-hybridized carbons (Fsp3) is 0.636. The maximum atomic E-state index is 9.64. The fourth-order valence-electron chi connectivity index (χ4n) is 1.51. The lowest BCUT2D eigenvalue weighted by molar-refractivity contribution is 0.175. The number of nitrogens with two attached hydrogens (primary N) is 1. The number of anilines is 2. The summed E-state index contributed by atoms with van der Waals surface area (Å²) in [6.45, 7) is 2.78. The van der Waals surface area contributed by atoms with E-state index in [1.807, 2.05) is 6.92 Å². The normalized spacial score (nSPS) is 12.2. The van der Waals surface area contributed by atoms with Gasteiger partial charge in [-0.15, -0.1) is 0 Å². The summed E-state index contributed by atoms with van der Waals surface area (Å²) in [7, 11) is 1.57. The van der Waals surface area contributed by atoms with Crippen LogP contribution in [0, 0.1) is 0 Å². The topological polar surface area (TPSA) is 105 Å². The van der Waals surface area contributed by atoms with Gasteiger partial charge in [0.2, 0.25) is 0 Å². The van der Waals surface area contributed by atoms with Crippen molar-refractivity contribution in [3.63, 3.8) is 0 Å². The van der Waals surface area contributed by atoms with Crippen molar-refractivity contribution in [1.29, 1.82) is 0 Å². The molecule has 0 fully saturated rings. The number of ether oxygens (including phenoxy) is 1. The zero-order chi connectivity index (χ0) is 13.4. The molecule has 1 aromatic rings. The first-order valence-electron chi connectivity index (χ1n) is 5.95. The van der Waals surface area contributed by atoms with E-state index >= 15 is 0 Å². The molecular formula is C11H21N5O2. The molecule has 0 aliphatic rings. The molecule has 1 aromatic heterocycles. The Kier molecular flexibility index (Phi) is 6.34. The lowest BCUT2D eigenvalue weighted by Gasteiger charge is -2.12. The summed E-state index contributed by atoms with van der Waals surface area (Å²) in [5.41, 5.74) is 2.47. The number of hydrogen-bond acceptors (Lipinski definition) is 7. The van der Waals surface area contributed by atoms with E-state index in [9.17, 15) is 5.11 Å². The molecule has 7 heteroatoms. The summed E-state index contributed by atoms with van der Waals surface area (Å²) < 4.78 is 4.98. The number of aliphatic hydroxyl groups is 1. The first kappa shape index (κ1) is 14.6. The molecule has 0 aliphatic carbocycles. The predicted octanol–water partition coefficient (Wildman–Crippen LogP) is 0.481. The minimum atomic E-state index is -0.384. The first-order valence-corrected chi connectivity index (χ1v) is 5.95. The van der Waals surface area contributed by atoms with Gasteiger partial charge >= 0.3 is 0 Å². The van der Waals surface area contributed by atoms with Gasteiger partial charge in [-0.1, -0.05) is 13.3 Å². The molecule has 0 saturated heterocycles. The van der Waals surface area contributed by atoms with E-state index in [0.29, 0.717) is 30.6 Å². The molecule has 0 aliphatic heterocycles. The second kappa shape index (κ2) is 7.80. The first-order chi connectivity index (χ1) is 8.69. The number of hydrogen-bond donors (Lipinski definition) is 4. The number of aromatic nitrogens is 2. The van der Waals surface area contributed by atoms with Crippen LogP contribution in [-0.2, 0) is 11.3 Å². The molecule has 0 saturated carbocycles. The van der Waals surface area contributed by atoms with Crippen molar-refractivity contribution >= 4 is 11.6 Å². The van der Waals surface area contributed by atoms with Gasteiger partial charge in [-0.25, -0.2) is 15.8 Å². The molecule has 1 atom stereocenters. The Bertz CT molecular complexity index is 361. The van der Waals surface area contributed by atoms with Gasteiger partial charge in [0.15, 0.2) is 5.82 Å². The standard InChI is InChI=1S/C11H21N5O2/c1-3-4-8(17)6-13-9-5-10(16-12)15-11(14-9)7-18-2/h5,8,17H,3-4,6-7,12H2,1-2H3,(H2,13,14,15,16). The number of rotatable bonds is 8. The van der Waals surface area contributed by atoms with Gasteiger partial charge in [-0.2, -0.15) is 0 Å². The van der Waals surface area contributed by atoms with Crippen LogP contribution in [-0.4, -0.2) is 34.8 Å². The molecule has 7 nitrogen and oxygen atoms in total. The fourth-order valence-corrected chi connectivity index (χ4v) is 1.51. The Morgan fingerprint density at radius 2 is 2.17 bits per heavy atom. The number of methoxy groups -OCH3 is 1. The Hall–Kier alpha value is -1.44. The summed E-state index contributed by atoms with van der Waals surface area (Å²) in [5.74, 6) is 6.97. The second-order valence-corrected chi connectivity index (χ2v) is 3.96. The molecule has 5 N–H and O–H groups in total. The summed E-state index contributed by atoms with van der Waals surface area (Å²) in [4.78, 5) is 8.38. The number of hydrazine groups is 1. The van der Waals surface area contributed by atoms with Crippen molar-refractivity contribution in [3.05, 3.63) is 11.9 Å². The number of nitrogen functional groups attached to an aromatic ring is 1. The maximum Gasteiger partial charge on any atom is 0.158 e. The quantitative estimate of drug-likeness (QED) is 0.395. The largest absolute Gasteiger partial charge is 0.391 e. The average molecular weight is 255 g/mol. The van der Waals surface area contributed by atoms with Gasteiger partial charge in [-0.3, -0.25) is 0 Å². The summed E-state index contributed by atoms with van der Waals surface area (Å²) >= 11 is 0. The van der Waals surface area contributed by atoms with Crippen molar-refractivity contribution < 1.29 is 9.84 Å². The summed E-state index contributed by atoms with van der Waals surface area (Å²) in [5, 5.41) is 12.7. The van der Waals surface area contributed by atoms with Gasteiger partial charge in [-0.05, 0) is 6.42 Å². The molecular weight excluding hydrogens is 234 g/mol. The molecule has 0 amide bonds. The Morgan fingerprint density at radius 1 is 1.44 bits per heavy atom. The van der Waals surface area contributed by atoms with Crippen molar-refractivity contribution in [3.8, 4) is 0 Å². The van der Waals surface area contributed by atoms with Gasteiger partial charge in [0.25, 0.3) is 0 Å². The third-order valence-corrected chi connectivity index (χ3v) is 2.33. The van der Waals surface area contributed by atoms with Gasteiger partial charge in [0.05, 0.1) is 6.10 Å². The van der Waals surface area contributed by atoms with Crippen molar-refractivity contribution in [1.82, 2.24) is 9.97 Å². The lowest BCUT2D eigenvalue weighted by atomic mass is 10.2. The average Bonchev–Trinajstić information content (AvgIpc) is 2.37. The highest BCUT2D eigenvalue weighted by Crippen LogP contribution is 2.11. The van der Waals surface area contributed by atoms with Crippen LogP contribution in [0.4, 0.5) is 11.6 Å². The summed E-state index contributed by atoms with van der Waals surface area (Å²) in [6, 6.07) is 1.68. The zero-order valence-corrected chi connectivity index (χ0v) is 10.8. The van der Waals surface area contributed by atoms with Crippen LogP contribution in [0.1, 0.15) is 25.6 Å². The minimum Gasteiger partial charge on any atom is -0.391 e. The molecule has 1 heterocycles. The molecule has 18 heavy (non-hydrogen) atoms. The molecule has 1 unspecified atom stereocenters. The second-order valence-electron chi connectivity index (χ2n) is 3.96. The lowest BCUT2D eigenvalue weighted by Crippen LogP contribution is -2.20. The number of aliphatic hydroxyl groups excluding tert-OH is 1. The van der Waals surface area contributed by atoms with E-state index < -0.39 is 0 Å². The monoisotopic (exact) mass is 255 g/mol. The number of nitrogens with zero attached hydrogens (tertiary/aromatic N) is 2. The highest BCUT2D eigenvalue weighted by atomic mass is 16.5. The van der Waals surface area contributed by atoms with Crippen LogP contribution in [0.15, 0.2) is 6.07 Å². The highest BCUT2D eigenvalue weighted by Gasteiger charge is 2.06. The predicted molar refractivity (Wildman–Crippen MR) is 70.0 cm³/mol. The number of nitrogens with one attached hydrogen (secondary N) is 2. The van der Waals surface area contributed by atoms with E-state index in [1.165, 1.54) is 0 Å². The van der Waals surface area contributed by atoms with E-state index in [2.05, 4.69) is 20.7 Å². The third kappa shape index (κ3) is 4.82. The smallest absolute Gasteiger partial charge is 0.158 e. The third-order valence-electron chi connectivity index (χ3n) is 2.33. The molecule has 0 aromatic carbocycles. The zero-order valence-electron chi connectivity index (χ0n) is 10.8. The SMILES string of the molecule is CCCC(O)CNc1cc(NN)nc(COC)n1. The van der Waals surface area contributed by atoms with Crippen LogP contribution in [0.25, 0.3) is 0 Å². The van der Waals surface area contributed by atoms with Gasteiger partial charge < -0.3 is 20.6 Å². The summed E-state index contributed by atoms with van der Waals surface area (Å²) in [6.07, 6.45) is 1.31. The Morgan fingerprint density at radius 3 is 2.78 bits per heavy atom. The maximum absolute atomic E-state index is 9.64. The van der Waals surface area contributed by atoms with Crippen LogP contribution >= 0.6 is 0 Å². The van der Waals surface area contributed by atoms with E-state index in [0.717, 1.165) is 12.8 Å². The highest BCUT2D eigenvalue weighted by molar-refractivity contribution is 5.46. The van der Waals surface area contributed by atoms with E-state index in [-0.39, 0.29) is 6.10 Å². The van der Waals surface area contributed by atoms with Crippen LogP contribution in [0.5, 0.6) is 0 Å². The van der Waals surface area contributed by atoms with E-state index in [4.69, 9.17) is 10.6 Å². The Labute approximate surface area is 107 Å². The van der Waals surface area contributed by atoms with Crippen molar-refractivity contribution in [2.24, 2.45) is 5.84 Å². The molecule has 0 spiro atoms. The van der Waals surface area contributed by atoms with Crippen LogP contribution in [0.2, 0.25) is 0 Å². The van der Waals surface area contributed by atoms with Crippen molar-refractivity contribution in [2.45, 2.75) is 32.5 Å². The molecule has 102 valence electrons. The van der Waals surface area contributed by atoms with Crippen LogP contribution in [0.3, 0.4) is 0 Å². The van der Waals surface area contributed by atoms with Gasteiger partial charge in [0.1, 0.15) is 18.2 Å². The minimum absolute atomic E-state index is 0.307. The van der Waals surface area contributed by atoms with E-state index in [1.54, 1.807) is 13.2 Å².